The second-order valence-electron chi connectivity index (χ2n) is 1.91. The van der Waals surface area contributed by atoms with Gasteiger partial charge in [0.15, 0.2) is 5.75 Å². The molecule has 0 spiro atoms. The molecule has 0 fully saturated rings. The van der Waals surface area contributed by atoms with Crippen LogP contribution in [-0.2, 0) is 5.11 Å². The fourth-order valence-electron chi connectivity index (χ4n) is 0.613. The largest absolute Gasteiger partial charge is 0.290 e. The van der Waals surface area contributed by atoms with Crippen molar-refractivity contribution in [3.8, 4) is 5.75 Å². The molecule has 1 aromatic carbocycles. The fraction of sp³-hybridized carbons (Fsp3) is 0.143. The van der Waals surface area contributed by atoms with Crippen LogP contribution in [0.25, 0.3) is 0 Å². The Kier molecular flexibility index (Phi) is 1.95. The molecule has 0 unspecified atom stereocenters. The molecule has 1 nitrogen and oxygen atoms in total. The summed E-state index contributed by atoms with van der Waals surface area (Å²) in [6.45, 7) is 1.82. The minimum atomic E-state index is 0.121. The van der Waals surface area contributed by atoms with Crippen LogP contribution in [0.15, 0.2) is 18.2 Å². The highest BCUT2D eigenvalue weighted by atomic mass is 127. The summed E-state index contributed by atoms with van der Waals surface area (Å²) in [6.07, 6.45) is 0. The number of halogens is 1. The van der Waals surface area contributed by atoms with Crippen LogP contribution in [0.2, 0.25) is 0 Å². The standard InChI is InChI=1S/C7H6IO/c1-5-4-6(8)2-3-7(5)9/h2-4H,1H3. The van der Waals surface area contributed by atoms with E-state index in [1.807, 2.05) is 19.1 Å². The van der Waals surface area contributed by atoms with E-state index in [2.05, 4.69) is 22.6 Å². The molecule has 1 aromatic rings. The van der Waals surface area contributed by atoms with Crippen molar-refractivity contribution in [1.29, 1.82) is 0 Å². The summed E-state index contributed by atoms with van der Waals surface area (Å²) in [5.41, 5.74) is 0.821. The predicted molar refractivity (Wildman–Crippen MR) is 44.0 cm³/mol. The smallest absolute Gasteiger partial charge is 0.181 e. The first-order valence-corrected chi connectivity index (χ1v) is 3.71. The molecule has 0 saturated carbocycles. The molecule has 2 heteroatoms. The summed E-state index contributed by atoms with van der Waals surface area (Å²) in [7, 11) is 0. The van der Waals surface area contributed by atoms with Gasteiger partial charge in [0.1, 0.15) is 0 Å². The van der Waals surface area contributed by atoms with Gasteiger partial charge in [0, 0.05) is 3.57 Å². The van der Waals surface area contributed by atoms with Crippen molar-refractivity contribution < 1.29 is 5.11 Å². The average Bonchev–Trinajstić information content (AvgIpc) is 1.80. The van der Waals surface area contributed by atoms with E-state index in [-0.39, 0.29) is 5.75 Å². The van der Waals surface area contributed by atoms with Gasteiger partial charge in [0.25, 0.3) is 0 Å². The average molecular weight is 233 g/mol. The van der Waals surface area contributed by atoms with Crippen molar-refractivity contribution >= 4 is 22.6 Å². The van der Waals surface area contributed by atoms with Crippen LogP contribution in [0, 0.1) is 10.5 Å². The maximum absolute atomic E-state index is 10.8. The molecule has 0 saturated heterocycles. The molecule has 1 radical (unpaired) electrons. The van der Waals surface area contributed by atoms with Gasteiger partial charge in [-0.25, -0.2) is 0 Å². The van der Waals surface area contributed by atoms with E-state index in [1.165, 1.54) is 0 Å². The molecule has 0 N–H and O–H groups in total. The maximum atomic E-state index is 10.8. The first-order valence-electron chi connectivity index (χ1n) is 2.63. The number of hydrogen-bond acceptors (Lipinski definition) is 0. The first-order chi connectivity index (χ1) is 4.20. The molecule has 0 aromatic heterocycles. The minimum absolute atomic E-state index is 0.121. The Labute approximate surface area is 67.9 Å². The molecular formula is C7H6IO. The SMILES string of the molecule is Cc1cc(I)ccc1[O]. The summed E-state index contributed by atoms with van der Waals surface area (Å²) < 4.78 is 1.12. The first kappa shape index (κ1) is 6.86. The predicted octanol–water partition coefficient (Wildman–Crippen LogP) is 2.74. The number of hydrogen-bond donors (Lipinski definition) is 0. The number of rotatable bonds is 0. The molecule has 0 aliphatic rings. The monoisotopic (exact) mass is 233 g/mol. The summed E-state index contributed by atoms with van der Waals surface area (Å²) in [4.78, 5) is 0. The Hall–Kier alpha value is -0.250. The Bertz CT molecular complexity index is 220. The lowest BCUT2D eigenvalue weighted by atomic mass is 10.2. The van der Waals surface area contributed by atoms with E-state index >= 15 is 0 Å². The van der Waals surface area contributed by atoms with Gasteiger partial charge in [0.2, 0.25) is 0 Å². The minimum Gasteiger partial charge on any atom is -0.290 e. The molecular weight excluding hydrogens is 227 g/mol. The summed E-state index contributed by atoms with van der Waals surface area (Å²) in [5.74, 6) is 0.121. The van der Waals surface area contributed by atoms with E-state index in [4.69, 9.17) is 0 Å². The topological polar surface area (TPSA) is 19.9 Å². The highest BCUT2D eigenvalue weighted by molar-refractivity contribution is 14.1. The maximum Gasteiger partial charge on any atom is 0.181 e. The third-order valence-electron chi connectivity index (χ3n) is 1.14. The van der Waals surface area contributed by atoms with E-state index in [0.717, 1.165) is 9.13 Å². The van der Waals surface area contributed by atoms with Crippen molar-refractivity contribution in [2.45, 2.75) is 6.92 Å². The Morgan fingerprint density at radius 2 is 2.11 bits per heavy atom. The summed E-state index contributed by atoms with van der Waals surface area (Å²) in [6, 6.07) is 5.29. The van der Waals surface area contributed by atoms with Crippen LogP contribution >= 0.6 is 22.6 Å². The third-order valence-corrected chi connectivity index (χ3v) is 1.81. The highest BCUT2D eigenvalue weighted by Gasteiger charge is 1.95. The third kappa shape index (κ3) is 1.58. The zero-order valence-electron chi connectivity index (χ0n) is 5.02. The van der Waals surface area contributed by atoms with Crippen LogP contribution in [-0.4, -0.2) is 0 Å². The molecule has 0 bridgehead atoms. The van der Waals surface area contributed by atoms with Crippen molar-refractivity contribution in [1.82, 2.24) is 0 Å². The van der Waals surface area contributed by atoms with Crippen LogP contribution in [0.1, 0.15) is 5.56 Å². The van der Waals surface area contributed by atoms with E-state index in [0.29, 0.717) is 0 Å². The van der Waals surface area contributed by atoms with Crippen molar-refractivity contribution in [3.63, 3.8) is 0 Å². The number of aryl methyl sites for hydroxylation is 1. The van der Waals surface area contributed by atoms with Crippen LogP contribution in [0.4, 0.5) is 0 Å². The molecule has 1 rings (SSSR count). The van der Waals surface area contributed by atoms with Crippen LogP contribution < -0.4 is 0 Å². The Morgan fingerprint density at radius 3 is 2.56 bits per heavy atom. The van der Waals surface area contributed by atoms with E-state index in [1.54, 1.807) is 6.07 Å². The van der Waals surface area contributed by atoms with E-state index < -0.39 is 0 Å². The molecule has 0 aliphatic carbocycles. The zero-order valence-corrected chi connectivity index (χ0v) is 7.18. The molecule has 0 amide bonds. The lowest BCUT2D eigenvalue weighted by Crippen LogP contribution is -1.73. The lowest BCUT2D eigenvalue weighted by molar-refractivity contribution is 0.351. The van der Waals surface area contributed by atoms with Gasteiger partial charge >= 0.3 is 0 Å². The van der Waals surface area contributed by atoms with Gasteiger partial charge in [-0.3, -0.25) is 5.11 Å². The van der Waals surface area contributed by atoms with Gasteiger partial charge in [-0.1, -0.05) is 0 Å². The second-order valence-corrected chi connectivity index (χ2v) is 3.16. The zero-order chi connectivity index (χ0) is 6.85. The molecule has 47 valence electrons. The molecule has 0 atom stereocenters. The van der Waals surface area contributed by atoms with Crippen LogP contribution in [0.5, 0.6) is 5.75 Å². The van der Waals surface area contributed by atoms with Gasteiger partial charge in [-0.15, -0.1) is 0 Å². The van der Waals surface area contributed by atoms with Gasteiger partial charge in [-0.2, -0.15) is 0 Å². The molecule has 0 heterocycles. The fourth-order valence-corrected chi connectivity index (χ4v) is 1.26. The Morgan fingerprint density at radius 1 is 1.44 bits per heavy atom. The normalized spacial score (nSPS) is 9.56. The Balaban J connectivity index is 3.17. The lowest BCUT2D eigenvalue weighted by Gasteiger charge is -1.93. The molecule has 0 aliphatic heterocycles. The van der Waals surface area contributed by atoms with Crippen molar-refractivity contribution in [3.05, 3.63) is 27.3 Å². The molecule has 9 heavy (non-hydrogen) atoms. The van der Waals surface area contributed by atoms with Gasteiger partial charge in [0.05, 0.1) is 0 Å². The van der Waals surface area contributed by atoms with Crippen molar-refractivity contribution in [2.75, 3.05) is 0 Å². The number of benzene rings is 1. The van der Waals surface area contributed by atoms with Crippen LogP contribution in [0.3, 0.4) is 0 Å². The summed E-state index contributed by atoms with van der Waals surface area (Å²) >= 11 is 2.18. The second kappa shape index (κ2) is 2.56. The quantitative estimate of drug-likeness (QED) is 0.614. The van der Waals surface area contributed by atoms with E-state index in [9.17, 15) is 5.11 Å². The van der Waals surface area contributed by atoms with Crippen molar-refractivity contribution in [2.24, 2.45) is 0 Å². The highest BCUT2D eigenvalue weighted by Crippen LogP contribution is 2.18. The van der Waals surface area contributed by atoms with Gasteiger partial charge in [-0.05, 0) is 53.3 Å². The van der Waals surface area contributed by atoms with Gasteiger partial charge < -0.3 is 0 Å². The summed E-state index contributed by atoms with van der Waals surface area (Å²) in [5, 5.41) is 10.8.